The number of rotatable bonds is 4. The van der Waals surface area contributed by atoms with Gasteiger partial charge in [0.25, 0.3) is 5.91 Å². The fraction of sp³-hybridized carbons (Fsp3) is 0.263. The predicted molar refractivity (Wildman–Crippen MR) is 106 cm³/mol. The summed E-state index contributed by atoms with van der Waals surface area (Å²) >= 11 is 12.1. The van der Waals surface area contributed by atoms with Crippen LogP contribution < -0.4 is 10.6 Å². The maximum absolute atomic E-state index is 12.4. The van der Waals surface area contributed by atoms with E-state index in [1.54, 1.807) is 50.5 Å². The second-order valence-corrected chi connectivity index (χ2v) is 7.06. The number of benzene rings is 2. The van der Waals surface area contributed by atoms with Crippen molar-refractivity contribution in [1.82, 2.24) is 10.2 Å². The van der Waals surface area contributed by atoms with Crippen LogP contribution in [0.4, 0.5) is 10.5 Å². The van der Waals surface area contributed by atoms with Gasteiger partial charge < -0.3 is 15.5 Å². The summed E-state index contributed by atoms with van der Waals surface area (Å²) in [7, 11) is 3.36. The van der Waals surface area contributed by atoms with Gasteiger partial charge >= 0.3 is 6.03 Å². The molecule has 2 aromatic rings. The van der Waals surface area contributed by atoms with Crippen molar-refractivity contribution in [3.63, 3.8) is 0 Å². The van der Waals surface area contributed by atoms with Gasteiger partial charge in [-0.1, -0.05) is 35.3 Å². The highest BCUT2D eigenvalue weighted by Gasteiger charge is 2.15. The number of nitrogens with one attached hydrogen (secondary N) is 2. The summed E-state index contributed by atoms with van der Waals surface area (Å²) in [6.45, 7) is 3.69. The van der Waals surface area contributed by atoms with Crippen molar-refractivity contribution in [2.24, 2.45) is 0 Å². The van der Waals surface area contributed by atoms with Crippen LogP contribution in [0.3, 0.4) is 0 Å². The highest BCUT2D eigenvalue weighted by Crippen LogP contribution is 2.26. The molecule has 0 aliphatic rings. The molecule has 0 saturated heterocycles. The van der Waals surface area contributed by atoms with Crippen LogP contribution in [0.25, 0.3) is 0 Å². The van der Waals surface area contributed by atoms with Gasteiger partial charge in [0.05, 0.1) is 6.04 Å². The van der Waals surface area contributed by atoms with Crippen molar-refractivity contribution in [3.05, 3.63) is 63.1 Å². The Balaban J connectivity index is 2.12. The lowest BCUT2D eigenvalue weighted by Crippen LogP contribution is -2.31. The smallest absolute Gasteiger partial charge is 0.319 e. The molecule has 1 unspecified atom stereocenters. The number of halogens is 2. The van der Waals surface area contributed by atoms with E-state index in [2.05, 4.69) is 10.6 Å². The fourth-order valence-electron chi connectivity index (χ4n) is 2.43. The molecule has 3 amide bonds. The molecule has 0 spiro atoms. The first-order chi connectivity index (χ1) is 12.2. The lowest BCUT2D eigenvalue weighted by molar-refractivity contribution is 0.0827. The quantitative estimate of drug-likeness (QED) is 0.776. The zero-order chi connectivity index (χ0) is 19.4. The first kappa shape index (κ1) is 20.1. The van der Waals surface area contributed by atoms with Gasteiger partial charge in [0.1, 0.15) is 0 Å². The molecule has 2 N–H and O–H groups in total. The summed E-state index contributed by atoms with van der Waals surface area (Å²) in [5, 5.41) is 6.64. The van der Waals surface area contributed by atoms with Crippen molar-refractivity contribution in [2.75, 3.05) is 19.4 Å². The summed E-state index contributed by atoms with van der Waals surface area (Å²) in [4.78, 5) is 25.9. The number of aryl methyl sites for hydroxylation is 1. The Labute approximate surface area is 163 Å². The second-order valence-electron chi connectivity index (χ2n) is 6.22. The number of hydrogen-bond donors (Lipinski definition) is 2. The Hall–Kier alpha value is -2.24. The predicted octanol–water partition coefficient (Wildman–Crippen LogP) is 4.89. The molecular weight excluding hydrogens is 373 g/mol. The van der Waals surface area contributed by atoms with E-state index in [9.17, 15) is 9.59 Å². The minimum Gasteiger partial charge on any atom is -0.345 e. The molecule has 0 aromatic heterocycles. The minimum atomic E-state index is -0.388. The number of nitrogens with zero attached hydrogens (tertiary/aromatic N) is 1. The van der Waals surface area contributed by atoms with E-state index in [4.69, 9.17) is 23.2 Å². The molecular formula is C19H21Cl2N3O2. The van der Waals surface area contributed by atoms with Crippen LogP contribution in [0.15, 0.2) is 36.4 Å². The van der Waals surface area contributed by atoms with Crippen LogP contribution in [0.2, 0.25) is 10.0 Å². The number of carbonyl (C=O) groups is 2. The normalized spacial score (nSPS) is 11.6. The Morgan fingerprint density at radius 3 is 2.38 bits per heavy atom. The highest BCUT2D eigenvalue weighted by atomic mass is 35.5. The van der Waals surface area contributed by atoms with E-state index in [0.717, 1.165) is 11.1 Å². The van der Waals surface area contributed by atoms with Gasteiger partial charge in [-0.25, -0.2) is 4.79 Å². The third-order valence-electron chi connectivity index (χ3n) is 3.92. The summed E-state index contributed by atoms with van der Waals surface area (Å²) in [6.07, 6.45) is 0. The van der Waals surface area contributed by atoms with E-state index in [1.165, 1.54) is 4.90 Å². The van der Waals surface area contributed by atoms with Crippen LogP contribution in [-0.2, 0) is 0 Å². The van der Waals surface area contributed by atoms with Gasteiger partial charge in [-0.3, -0.25) is 4.79 Å². The third kappa shape index (κ3) is 4.90. The molecule has 0 heterocycles. The van der Waals surface area contributed by atoms with Crippen molar-refractivity contribution in [3.8, 4) is 0 Å². The van der Waals surface area contributed by atoms with E-state index < -0.39 is 0 Å². The maximum Gasteiger partial charge on any atom is 0.319 e. The molecule has 0 bridgehead atoms. The van der Waals surface area contributed by atoms with E-state index >= 15 is 0 Å². The summed E-state index contributed by atoms with van der Waals surface area (Å²) in [5.74, 6) is -0.130. The molecule has 7 heteroatoms. The largest absolute Gasteiger partial charge is 0.345 e. The molecule has 26 heavy (non-hydrogen) atoms. The van der Waals surface area contributed by atoms with Crippen LogP contribution in [0, 0.1) is 6.92 Å². The molecule has 0 saturated carbocycles. The van der Waals surface area contributed by atoms with Crippen molar-refractivity contribution in [2.45, 2.75) is 19.9 Å². The lowest BCUT2D eigenvalue weighted by atomic mass is 10.1. The van der Waals surface area contributed by atoms with Crippen LogP contribution in [0.1, 0.15) is 34.5 Å². The number of carbonyl (C=O) groups excluding carboxylic acids is 2. The lowest BCUT2D eigenvalue weighted by Gasteiger charge is -2.18. The molecule has 0 aliphatic carbocycles. The summed E-state index contributed by atoms with van der Waals surface area (Å²) in [5.41, 5.74) is 2.70. The number of amides is 3. The van der Waals surface area contributed by atoms with Crippen LogP contribution >= 0.6 is 23.2 Å². The van der Waals surface area contributed by atoms with Gasteiger partial charge in [-0.15, -0.1) is 0 Å². The van der Waals surface area contributed by atoms with Crippen molar-refractivity contribution >= 4 is 40.8 Å². The molecule has 0 aliphatic heterocycles. The zero-order valence-corrected chi connectivity index (χ0v) is 16.6. The molecule has 0 fully saturated rings. The van der Waals surface area contributed by atoms with E-state index in [-0.39, 0.29) is 18.0 Å². The van der Waals surface area contributed by atoms with Gasteiger partial charge in [-0.05, 0) is 49.2 Å². The summed E-state index contributed by atoms with van der Waals surface area (Å²) < 4.78 is 0. The standard InChI is InChI=1S/C19H21Cl2N3O2/c1-11-5-6-13(18(25)24(3)4)9-17(11)23-19(26)22-12(2)15-8-7-14(20)10-16(15)21/h5-10,12H,1-4H3,(H2,22,23,26). The Kier molecular flexibility index (Phi) is 6.51. The zero-order valence-electron chi connectivity index (χ0n) is 15.1. The maximum atomic E-state index is 12.4. The van der Waals surface area contributed by atoms with Crippen LogP contribution in [0.5, 0.6) is 0 Å². The number of hydrogen-bond acceptors (Lipinski definition) is 2. The summed E-state index contributed by atoms with van der Waals surface area (Å²) in [6, 6.07) is 9.62. The topological polar surface area (TPSA) is 61.4 Å². The monoisotopic (exact) mass is 393 g/mol. The van der Waals surface area contributed by atoms with E-state index in [0.29, 0.717) is 21.3 Å². The fourth-order valence-corrected chi connectivity index (χ4v) is 3.01. The minimum absolute atomic E-state index is 0.130. The highest BCUT2D eigenvalue weighted by molar-refractivity contribution is 6.35. The molecule has 2 aromatic carbocycles. The average molecular weight is 394 g/mol. The van der Waals surface area contributed by atoms with E-state index in [1.807, 2.05) is 13.8 Å². The molecule has 0 radical (unpaired) electrons. The third-order valence-corrected chi connectivity index (χ3v) is 4.48. The Morgan fingerprint density at radius 1 is 1.08 bits per heavy atom. The first-order valence-electron chi connectivity index (χ1n) is 8.04. The van der Waals surface area contributed by atoms with Crippen LogP contribution in [-0.4, -0.2) is 30.9 Å². The number of anilines is 1. The molecule has 1 atom stereocenters. The SMILES string of the molecule is Cc1ccc(C(=O)N(C)C)cc1NC(=O)NC(C)c1ccc(Cl)cc1Cl. The first-order valence-corrected chi connectivity index (χ1v) is 8.79. The van der Waals surface area contributed by atoms with Gasteiger partial charge in [0.15, 0.2) is 0 Å². The Bertz CT molecular complexity index is 838. The second kappa shape index (κ2) is 8.43. The van der Waals surface area contributed by atoms with Gasteiger partial charge in [0, 0.05) is 35.4 Å². The van der Waals surface area contributed by atoms with Gasteiger partial charge in [0.2, 0.25) is 0 Å². The van der Waals surface area contributed by atoms with Crippen molar-refractivity contribution in [1.29, 1.82) is 0 Å². The Morgan fingerprint density at radius 2 is 1.77 bits per heavy atom. The molecule has 138 valence electrons. The number of urea groups is 1. The van der Waals surface area contributed by atoms with Gasteiger partial charge in [-0.2, -0.15) is 0 Å². The molecule has 5 nitrogen and oxygen atoms in total. The van der Waals surface area contributed by atoms with Crippen molar-refractivity contribution < 1.29 is 9.59 Å². The average Bonchev–Trinajstić information content (AvgIpc) is 2.55. The molecule has 2 rings (SSSR count).